The second-order valence-electron chi connectivity index (χ2n) is 6.29. The first-order chi connectivity index (χ1) is 8.98. The van der Waals surface area contributed by atoms with Gasteiger partial charge in [0.05, 0.1) is 0 Å². The highest BCUT2D eigenvalue weighted by Gasteiger charge is 2.49. The largest absolute Gasteiger partial charge is 0.316 e. The predicted molar refractivity (Wildman–Crippen MR) is 83.5 cm³/mol. The van der Waals surface area contributed by atoms with Crippen LogP contribution in [0.2, 0.25) is 5.02 Å². The molecule has 1 aromatic rings. The molecule has 104 valence electrons. The van der Waals surface area contributed by atoms with Crippen molar-refractivity contribution in [3.05, 3.63) is 33.3 Å². The average molecular weight is 344 g/mol. The number of fused-ring (bicyclic) bond motifs is 1. The van der Waals surface area contributed by atoms with Gasteiger partial charge >= 0.3 is 0 Å². The molecule has 2 atom stereocenters. The molecule has 1 aromatic carbocycles. The number of nitrogens with one attached hydrogen (secondary N) is 1. The van der Waals surface area contributed by atoms with E-state index >= 15 is 0 Å². The van der Waals surface area contributed by atoms with Gasteiger partial charge < -0.3 is 5.32 Å². The first kappa shape index (κ1) is 13.9. The van der Waals surface area contributed by atoms with Crippen molar-refractivity contribution in [3.63, 3.8) is 0 Å². The van der Waals surface area contributed by atoms with Gasteiger partial charge in [0.2, 0.25) is 0 Å². The molecule has 0 amide bonds. The number of hydrogen-bond acceptors (Lipinski definition) is 2. The van der Waals surface area contributed by atoms with Crippen molar-refractivity contribution in [3.8, 4) is 0 Å². The summed E-state index contributed by atoms with van der Waals surface area (Å²) < 4.78 is 1.16. The van der Waals surface area contributed by atoms with Crippen LogP contribution in [-0.4, -0.2) is 30.1 Å². The fourth-order valence-corrected chi connectivity index (χ4v) is 4.21. The molecule has 0 aromatic heterocycles. The third-order valence-corrected chi connectivity index (χ3v) is 5.89. The molecule has 2 nitrogen and oxygen atoms in total. The van der Waals surface area contributed by atoms with Crippen molar-refractivity contribution >= 4 is 27.5 Å². The zero-order valence-electron chi connectivity index (χ0n) is 11.4. The summed E-state index contributed by atoms with van der Waals surface area (Å²) in [6.45, 7) is 9.24. The van der Waals surface area contributed by atoms with E-state index in [4.69, 9.17) is 11.6 Å². The van der Waals surface area contributed by atoms with Gasteiger partial charge in [0.1, 0.15) is 0 Å². The van der Waals surface area contributed by atoms with E-state index in [1.54, 1.807) is 0 Å². The lowest BCUT2D eigenvalue weighted by Crippen LogP contribution is -2.43. The van der Waals surface area contributed by atoms with Gasteiger partial charge in [-0.25, -0.2) is 0 Å². The number of nitrogens with zero attached hydrogens (tertiary/aromatic N) is 1. The molecule has 19 heavy (non-hydrogen) atoms. The Bertz CT molecular complexity index is 489. The first-order valence-electron chi connectivity index (χ1n) is 6.88. The Kier molecular flexibility index (Phi) is 3.67. The van der Waals surface area contributed by atoms with Gasteiger partial charge in [0, 0.05) is 34.7 Å². The third kappa shape index (κ3) is 2.46. The van der Waals surface area contributed by atoms with E-state index in [0.717, 1.165) is 34.4 Å². The van der Waals surface area contributed by atoms with Crippen LogP contribution in [0.4, 0.5) is 0 Å². The highest BCUT2D eigenvalue weighted by atomic mass is 79.9. The summed E-state index contributed by atoms with van der Waals surface area (Å²) in [6.07, 6.45) is 0. The fraction of sp³-hybridized carbons (Fsp3) is 0.600. The minimum absolute atomic E-state index is 0.260. The van der Waals surface area contributed by atoms with Crippen molar-refractivity contribution in [1.29, 1.82) is 0 Å². The Morgan fingerprint density at radius 2 is 2.21 bits per heavy atom. The van der Waals surface area contributed by atoms with Crippen LogP contribution in [0, 0.1) is 11.8 Å². The summed E-state index contributed by atoms with van der Waals surface area (Å²) in [5.41, 5.74) is 1.55. The molecule has 2 unspecified atom stereocenters. The topological polar surface area (TPSA) is 15.3 Å². The normalized spacial score (nSPS) is 29.7. The van der Waals surface area contributed by atoms with Crippen LogP contribution in [0.25, 0.3) is 0 Å². The van der Waals surface area contributed by atoms with Gasteiger partial charge in [0.15, 0.2) is 0 Å². The number of rotatable bonds is 2. The quantitative estimate of drug-likeness (QED) is 0.883. The van der Waals surface area contributed by atoms with E-state index in [2.05, 4.69) is 46.1 Å². The second-order valence-corrected chi connectivity index (χ2v) is 7.59. The lowest BCUT2D eigenvalue weighted by Gasteiger charge is -2.36. The van der Waals surface area contributed by atoms with Crippen molar-refractivity contribution < 1.29 is 0 Å². The molecule has 2 heterocycles. The molecule has 2 fully saturated rings. The van der Waals surface area contributed by atoms with Crippen molar-refractivity contribution in [1.82, 2.24) is 10.2 Å². The molecule has 0 bridgehead atoms. The van der Waals surface area contributed by atoms with Crippen LogP contribution in [0.5, 0.6) is 0 Å². The van der Waals surface area contributed by atoms with Gasteiger partial charge in [-0.15, -0.1) is 0 Å². The highest BCUT2D eigenvalue weighted by molar-refractivity contribution is 9.10. The van der Waals surface area contributed by atoms with Gasteiger partial charge in [-0.1, -0.05) is 27.5 Å². The van der Waals surface area contributed by atoms with Gasteiger partial charge in [0.25, 0.3) is 0 Å². The minimum atomic E-state index is 0.260. The van der Waals surface area contributed by atoms with Crippen molar-refractivity contribution in [2.75, 3.05) is 19.6 Å². The molecule has 0 spiro atoms. The molecule has 3 rings (SSSR count). The fourth-order valence-electron chi connectivity index (χ4n) is 3.64. The average Bonchev–Trinajstić information content (AvgIpc) is 2.89. The Labute approximate surface area is 128 Å². The molecular weight excluding hydrogens is 324 g/mol. The Morgan fingerprint density at radius 3 is 2.95 bits per heavy atom. The molecule has 1 N–H and O–H groups in total. The van der Waals surface area contributed by atoms with E-state index in [1.165, 1.54) is 18.7 Å². The summed E-state index contributed by atoms with van der Waals surface area (Å²) in [5, 5.41) is 4.34. The lowest BCUT2D eigenvalue weighted by molar-refractivity contribution is 0.132. The van der Waals surface area contributed by atoms with Gasteiger partial charge in [-0.05, 0) is 56.0 Å². The SMILES string of the molecule is CC1(C)C2CNCC2CN1Cc1cc(Cl)ccc1Br. The van der Waals surface area contributed by atoms with Crippen LogP contribution < -0.4 is 5.32 Å². The Hall–Kier alpha value is -0.0900. The Balaban J connectivity index is 1.82. The van der Waals surface area contributed by atoms with Crippen molar-refractivity contribution in [2.45, 2.75) is 25.9 Å². The molecule has 0 aliphatic carbocycles. The van der Waals surface area contributed by atoms with E-state index in [9.17, 15) is 0 Å². The summed E-state index contributed by atoms with van der Waals surface area (Å²) in [6, 6.07) is 6.06. The summed E-state index contributed by atoms with van der Waals surface area (Å²) in [4.78, 5) is 2.61. The predicted octanol–water partition coefficient (Wildman–Crippen LogP) is 3.53. The highest BCUT2D eigenvalue weighted by Crippen LogP contribution is 2.41. The van der Waals surface area contributed by atoms with Crippen molar-refractivity contribution in [2.24, 2.45) is 11.8 Å². The third-order valence-electron chi connectivity index (χ3n) is 4.89. The smallest absolute Gasteiger partial charge is 0.0410 e. The minimum Gasteiger partial charge on any atom is -0.316 e. The molecule has 4 heteroatoms. The molecule has 0 radical (unpaired) electrons. The Morgan fingerprint density at radius 1 is 1.42 bits per heavy atom. The van der Waals surface area contributed by atoms with E-state index < -0.39 is 0 Å². The maximum Gasteiger partial charge on any atom is 0.0410 e. The number of likely N-dealkylation sites (tertiary alicyclic amines) is 1. The van der Waals surface area contributed by atoms with E-state index in [0.29, 0.717) is 0 Å². The van der Waals surface area contributed by atoms with Crippen LogP contribution in [0.1, 0.15) is 19.4 Å². The maximum atomic E-state index is 6.12. The lowest BCUT2D eigenvalue weighted by atomic mass is 9.85. The first-order valence-corrected chi connectivity index (χ1v) is 8.05. The molecule has 0 saturated carbocycles. The standard InChI is InChI=1S/C15H20BrClN2/c1-15(2)13-7-18-6-11(13)9-19(15)8-10-5-12(17)3-4-14(10)16/h3-5,11,13,18H,6-9H2,1-2H3. The number of halogens is 2. The second kappa shape index (κ2) is 5.03. The molecule has 2 aliphatic heterocycles. The van der Waals surface area contributed by atoms with Gasteiger partial charge in [-0.2, -0.15) is 0 Å². The van der Waals surface area contributed by atoms with Crippen LogP contribution >= 0.6 is 27.5 Å². The molecular formula is C15H20BrClN2. The van der Waals surface area contributed by atoms with Crippen LogP contribution in [-0.2, 0) is 6.54 Å². The van der Waals surface area contributed by atoms with Crippen LogP contribution in [0.15, 0.2) is 22.7 Å². The van der Waals surface area contributed by atoms with E-state index in [1.807, 2.05) is 12.1 Å². The summed E-state index contributed by atoms with van der Waals surface area (Å²) in [5.74, 6) is 1.57. The zero-order chi connectivity index (χ0) is 13.6. The molecule has 2 aliphatic rings. The number of benzene rings is 1. The zero-order valence-corrected chi connectivity index (χ0v) is 13.8. The number of hydrogen-bond donors (Lipinski definition) is 1. The summed E-state index contributed by atoms with van der Waals surface area (Å²) in [7, 11) is 0. The maximum absolute atomic E-state index is 6.12. The van der Waals surface area contributed by atoms with E-state index in [-0.39, 0.29) is 5.54 Å². The summed E-state index contributed by atoms with van der Waals surface area (Å²) >= 11 is 9.76. The van der Waals surface area contributed by atoms with Crippen LogP contribution in [0.3, 0.4) is 0 Å². The molecule has 2 saturated heterocycles. The monoisotopic (exact) mass is 342 g/mol. The van der Waals surface area contributed by atoms with Gasteiger partial charge in [-0.3, -0.25) is 4.90 Å².